The van der Waals surface area contributed by atoms with Crippen LogP contribution in [0.5, 0.6) is 0 Å². The summed E-state index contributed by atoms with van der Waals surface area (Å²) in [5, 5.41) is 9.53. The molecule has 0 aliphatic carbocycles. The third kappa shape index (κ3) is 4.42. The molecule has 0 saturated heterocycles. The van der Waals surface area contributed by atoms with Crippen LogP contribution in [0.15, 0.2) is 77.2 Å². The Labute approximate surface area is 177 Å². The number of thiophene rings is 1. The van der Waals surface area contributed by atoms with Gasteiger partial charge in [-0.3, -0.25) is 9.59 Å². The number of anilines is 1. The molecule has 2 aromatic heterocycles. The van der Waals surface area contributed by atoms with Crippen molar-refractivity contribution in [3.63, 3.8) is 0 Å². The predicted molar refractivity (Wildman–Crippen MR) is 121 cm³/mol. The SMILES string of the molecule is CC(=O)Nc1ccc(/C=N/NC(=O)c2cc(-c3cccs3)nc3ccccc23)cc1. The summed E-state index contributed by atoms with van der Waals surface area (Å²) in [5.41, 5.74) is 6.12. The average Bonchev–Trinajstić information content (AvgIpc) is 3.29. The van der Waals surface area contributed by atoms with Crippen LogP contribution in [0.1, 0.15) is 22.8 Å². The molecule has 0 fully saturated rings. The molecular formula is C23H18N4O2S. The van der Waals surface area contributed by atoms with Crippen molar-refractivity contribution >= 4 is 46.0 Å². The molecule has 148 valence electrons. The van der Waals surface area contributed by atoms with Gasteiger partial charge in [0.2, 0.25) is 5.91 Å². The van der Waals surface area contributed by atoms with Gasteiger partial charge in [0.1, 0.15) is 0 Å². The molecule has 0 atom stereocenters. The Kier molecular flexibility index (Phi) is 5.63. The van der Waals surface area contributed by atoms with Gasteiger partial charge in [0.05, 0.1) is 27.9 Å². The lowest BCUT2D eigenvalue weighted by molar-refractivity contribution is -0.114. The molecule has 2 N–H and O–H groups in total. The molecular weight excluding hydrogens is 396 g/mol. The standard InChI is InChI=1S/C23H18N4O2S/c1-15(28)25-17-10-8-16(9-11-17)14-24-27-23(29)19-13-21(22-7-4-12-30-22)26-20-6-3-2-5-18(19)20/h2-14H,1H3,(H,25,28)(H,27,29)/b24-14+. The van der Waals surface area contributed by atoms with Crippen LogP contribution in [0.3, 0.4) is 0 Å². The monoisotopic (exact) mass is 414 g/mol. The van der Waals surface area contributed by atoms with Crippen molar-refractivity contribution in [2.45, 2.75) is 6.92 Å². The molecule has 0 saturated carbocycles. The molecule has 0 aliphatic heterocycles. The van der Waals surface area contributed by atoms with E-state index in [1.807, 2.05) is 41.8 Å². The third-order valence-corrected chi connectivity index (χ3v) is 5.24. The minimum absolute atomic E-state index is 0.129. The number of hydrogen-bond acceptors (Lipinski definition) is 5. The second-order valence-corrected chi connectivity index (χ2v) is 7.50. The molecule has 0 radical (unpaired) electrons. The second kappa shape index (κ2) is 8.67. The smallest absolute Gasteiger partial charge is 0.272 e. The van der Waals surface area contributed by atoms with Crippen LogP contribution in [0.25, 0.3) is 21.5 Å². The maximum Gasteiger partial charge on any atom is 0.272 e. The summed E-state index contributed by atoms with van der Waals surface area (Å²) < 4.78 is 0. The number of nitrogens with one attached hydrogen (secondary N) is 2. The maximum absolute atomic E-state index is 12.8. The van der Waals surface area contributed by atoms with E-state index >= 15 is 0 Å². The first-order chi connectivity index (χ1) is 14.6. The molecule has 0 aliphatic rings. The first-order valence-corrected chi connectivity index (χ1v) is 10.1. The largest absolute Gasteiger partial charge is 0.326 e. The van der Waals surface area contributed by atoms with Crippen molar-refractivity contribution in [1.29, 1.82) is 0 Å². The first-order valence-electron chi connectivity index (χ1n) is 9.25. The number of pyridine rings is 1. The van der Waals surface area contributed by atoms with Gasteiger partial charge in [-0.05, 0) is 41.3 Å². The van der Waals surface area contributed by atoms with Gasteiger partial charge in [-0.2, -0.15) is 5.10 Å². The number of hydrazone groups is 1. The summed E-state index contributed by atoms with van der Waals surface area (Å²) in [6.45, 7) is 1.46. The van der Waals surface area contributed by atoms with Crippen LogP contribution < -0.4 is 10.7 Å². The molecule has 2 aromatic carbocycles. The maximum atomic E-state index is 12.8. The van der Waals surface area contributed by atoms with E-state index in [0.717, 1.165) is 27.0 Å². The Hall–Kier alpha value is -3.84. The van der Waals surface area contributed by atoms with Crippen molar-refractivity contribution in [1.82, 2.24) is 10.4 Å². The van der Waals surface area contributed by atoms with E-state index in [1.165, 1.54) is 6.92 Å². The normalized spacial score (nSPS) is 11.0. The fourth-order valence-electron chi connectivity index (χ4n) is 3.00. The zero-order chi connectivity index (χ0) is 20.9. The van der Waals surface area contributed by atoms with Gasteiger partial charge in [-0.1, -0.05) is 36.4 Å². The van der Waals surface area contributed by atoms with Gasteiger partial charge in [0.25, 0.3) is 5.91 Å². The Morgan fingerprint density at radius 3 is 2.57 bits per heavy atom. The van der Waals surface area contributed by atoms with Crippen LogP contribution in [0.4, 0.5) is 5.69 Å². The number of aromatic nitrogens is 1. The molecule has 4 rings (SSSR count). The van der Waals surface area contributed by atoms with Gasteiger partial charge >= 0.3 is 0 Å². The molecule has 0 spiro atoms. The molecule has 30 heavy (non-hydrogen) atoms. The van der Waals surface area contributed by atoms with Gasteiger partial charge in [-0.15, -0.1) is 11.3 Å². The number of carbonyl (C=O) groups excluding carboxylic acids is 2. The van der Waals surface area contributed by atoms with Gasteiger partial charge in [0.15, 0.2) is 0 Å². The highest BCUT2D eigenvalue weighted by atomic mass is 32.1. The van der Waals surface area contributed by atoms with E-state index in [-0.39, 0.29) is 11.8 Å². The molecule has 6 nitrogen and oxygen atoms in total. The van der Waals surface area contributed by atoms with E-state index in [9.17, 15) is 9.59 Å². The number of rotatable bonds is 5. The third-order valence-electron chi connectivity index (χ3n) is 4.35. The van der Waals surface area contributed by atoms with E-state index < -0.39 is 0 Å². The summed E-state index contributed by atoms with van der Waals surface area (Å²) in [6, 6.07) is 20.4. The van der Waals surface area contributed by atoms with Gasteiger partial charge in [0, 0.05) is 18.0 Å². The zero-order valence-corrected chi connectivity index (χ0v) is 16.9. The van der Waals surface area contributed by atoms with E-state index in [0.29, 0.717) is 11.3 Å². The second-order valence-electron chi connectivity index (χ2n) is 6.55. The van der Waals surface area contributed by atoms with Gasteiger partial charge < -0.3 is 5.32 Å². The fraction of sp³-hybridized carbons (Fsp3) is 0.0435. The topological polar surface area (TPSA) is 83.5 Å². The number of para-hydroxylation sites is 1. The summed E-state index contributed by atoms with van der Waals surface area (Å²) in [4.78, 5) is 29.6. The minimum Gasteiger partial charge on any atom is -0.326 e. The highest BCUT2D eigenvalue weighted by molar-refractivity contribution is 7.13. The summed E-state index contributed by atoms with van der Waals surface area (Å²) in [6.07, 6.45) is 1.55. The van der Waals surface area contributed by atoms with E-state index in [4.69, 9.17) is 0 Å². The number of fused-ring (bicyclic) bond motifs is 1. The lowest BCUT2D eigenvalue weighted by Gasteiger charge is -2.08. The van der Waals surface area contributed by atoms with Crippen molar-refractivity contribution in [3.05, 3.63) is 83.2 Å². The number of nitrogens with zero attached hydrogens (tertiary/aromatic N) is 2. The quantitative estimate of drug-likeness (QED) is 0.367. The molecule has 2 amide bonds. The lowest BCUT2D eigenvalue weighted by atomic mass is 10.1. The van der Waals surface area contributed by atoms with Crippen molar-refractivity contribution < 1.29 is 9.59 Å². The van der Waals surface area contributed by atoms with Crippen LogP contribution >= 0.6 is 11.3 Å². The Balaban J connectivity index is 1.56. The fourth-order valence-corrected chi connectivity index (χ4v) is 3.68. The summed E-state index contributed by atoms with van der Waals surface area (Å²) in [5.74, 6) is -0.437. The molecule has 0 bridgehead atoms. The van der Waals surface area contributed by atoms with Crippen LogP contribution in [-0.2, 0) is 4.79 Å². The van der Waals surface area contributed by atoms with Crippen LogP contribution in [0, 0.1) is 0 Å². The number of hydrogen-bond donors (Lipinski definition) is 2. The molecule has 4 aromatic rings. The molecule has 7 heteroatoms. The Morgan fingerprint density at radius 1 is 1.03 bits per heavy atom. The molecule has 2 heterocycles. The first kappa shape index (κ1) is 19.5. The van der Waals surface area contributed by atoms with Gasteiger partial charge in [-0.25, -0.2) is 10.4 Å². The van der Waals surface area contributed by atoms with Crippen molar-refractivity contribution in [2.75, 3.05) is 5.32 Å². The van der Waals surface area contributed by atoms with Crippen LogP contribution in [-0.4, -0.2) is 23.0 Å². The highest BCUT2D eigenvalue weighted by Gasteiger charge is 2.13. The number of amides is 2. The lowest BCUT2D eigenvalue weighted by Crippen LogP contribution is -2.18. The van der Waals surface area contributed by atoms with Crippen molar-refractivity contribution in [3.8, 4) is 10.6 Å². The highest BCUT2D eigenvalue weighted by Crippen LogP contribution is 2.27. The Bertz CT molecular complexity index is 1230. The Morgan fingerprint density at radius 2 is 1.83 bits per heavy atom. The van der Waals surface area contributed by atoms with Crippen LogP contribution in [0.2, 0.25) is 0 Å². The molecule has 0 unspecified atom stereocenters. The minimum atomic E-state index is -0.308. The van der Waals surface area contributed by atoms with E-state index in [2.05, 4.69) is 20.8 Å². The summed E-state index contributed by atoms with van der Waals surface area (Å²) in [7, 11) is 0. The average molecular weight is 414 g/mol. The summed E-state index contributed by atoms with van der Waals surface area (Å²) >= 11 is 1.57. The predicted octanol–water partition coefficient (Wildman–Crippen LogP) is 4.69. The zero-order valence-electron chi connectivity index (χ0n) is 16.1. The number of carbonyl (C=O) groups is 2. The van der Waals surface area contributed by atoms with Crippen molar-refractivity contribution in [2.24, 2.45) is 5.10 Å². The van der Waals surface area contributed by atoms with E-state index in [1.54, 1.807) is 47.9 Å². The number of benzene rings is 2.